The van der Waals surface area contributed by atoms with E-state index in [0.29, 0.717) is 40.2 Å². The number of aryl methyl sites for hydroxylation is 1. The third kappa shape index (κ3) is 4.60. The molecule has 3 aromatic heterocycles. The Labute approximate surface area is 253 Å². The van der Waals surface area contributed by atoms with Crippen molar-refractivity contribution >= 4 is 57.4 Å². The minimum Gasteiger partial charge on any atom is -0.355 e. The molecule has 5 heterocycles. The number of piperidine rings is 1. The standard InChI is InChI=1S/C31H32N6O3S2/c1-18-14-19(2)17-34(16-18)27-23(28(38)35-13-9-10-20(3)26(35)32-27)15-24-29(39)36(31(41)42-24)25-21(4)33(5)37(30(25)40)22-11-7-6-8-12-22/h6-13,15,18-19H,14,16-17H2,1-5H3/b24-15+. The largest absolute Gasteiger partial charge is 0.355 e. The van der Waals surface area contributed by atoms with Crippen molar-refractivity contribution in [1.29, 1.82) is 0 Å². The summed E-state index contributed by atoms with van der Waals surface area (Å²) in [6.07, 6.45) is 4.41. The first-order valence-corrected chi connectivity index (χ1v) is 15.2. The zero-order valence-corrected chi connectivity index (χ0v) is 25.8. The van der Waals surface area contributed by atoms with Crippen LogP contribution in [0.1, 0.15) is 37.1 Å². The molecule has 6 rings (SSSR count). The summed E-state index contributed by atoms with van der Waals surface area (Å²) in [6.45, 7) is 9.67. The van der Waals surface area contributed by atoms with Crippen LogP contribution in [0.4, 0.5) is 11.5 Å². The number of hydrogen-bond donors (Lipinski definition) is 0. The van der Waals surface area contributed by atoms with E-state index in [9.17, 15) is 14.4 Å². The van der Waals surface area contributed by atoms with E-state index in [2.05, 4.69) is 18.7 Å². The normalized spacial score (nSPS) is 20.4. The number of amides is 1. The van der Waals surface area contributed by atoms with Gasteiger partial charge in [-0.15, -0.1) is 0 Å². The van der Waals surface area contributed by atoms with Gasteiger partial charge in [0.15, 0.2) is 4.32 Å². The Bertz CT molecular complexity index is 1900. The number of thiocarbonyl (C=S) groups is 1. The molecule has 0 radical (unpaired) electrons. The molecular formula is C31H32N6O3S2. The summed E-state index contributed by atoms with van der Waals surface area (Å²) in [6, 6.07) is 13.0. The van der Waals surface area contributed by atoms with E-state index in [0.717, 1.165) is 36.8 Å². The highest BCUT2D eigenvalue weighted by atomic mass is 32.2. The molecule has 11 heteroatoms. The van der Waals surface area contributed by atoms with Gasteiger partial charge in [0.05, 0.1) is 21.8 Å². The Kier molecular flexibility index (Phi) is 7.18. The second kappa shape index (κ2) is 10.7. The maximum atomic E-state index is 14.0. The first kappa shape index (κ1) is 28.2. The molecule has 2 unspecified atom stereocenters. The van der Waals surface area contributed by atoms with Gasteiger partial charge in [-0.25, -0.2) is 9.67 Å². The van der Waals surface area contributed by atoms with Crippen LogP contribution in [0.5, 0.6) is 0 Å². The highest BCUT2D eigenvalue weighted by molar-refractivity contribution is 8.27. The number of pyridine rings is 1. The summed E-state index contributed by atoms with van der Waals surface area (Å²) >= 11 is 6.75. The molecule has 0 N–H and O–H groups in total. The van der Waals surface area contributed by atoms with E-state index < -0.39 is 5.91 Å². The fraction of sp³-hybridized carbons (Fsp3) is 0.323. The summed E-state index contributed by atoms with van der Waals surface area (Å²) in [5, 5.41) is 0. The predicted octanol–water partition coefficient (Wildman–Crippen LogP) is 4.69. The first-order chi connectivity index (χ1) is 20.1. The number of para-hydroxylation sites is 1. The molecule has 0 aliphatic carbocycles. The summed E-state index contributed by atoms with van der Waals surface area (Å²) in [5.41, 5.74) is 2.70. The van der Waals surface area contributed by atoms with Gasteiger partial charge in [-0.1, -0.05) is 62.1 Å². The number of anilines is 2. The van der Waals surface area contributed by atoms with Crippen molar-refractivity contribution in [2.75, 3.05) is 22.9 Å². The van der Waals surface area contributed by atoms with E-state index in [1.165, 1.54) is 14.0 Å². The molecule has 4 aromatic rings. The molecular weight excluding hydrogens is 569 g/mol. The van der Waals surface area contributed by atoms with E-state index in [1.54, 1.807) is 30.9 Å². The molecule has 2 aliphatic heterocycles. The van der Waals surface area contributed by atoms with Gasteiger partial charge in [-0.2, -0.15) is 0 Å². The lowest BCUT2D eigenvalue weighted by Gasteiger charge is -2.36. The molecule has 1 amide bonds. The van der Waals surface area contributed by atoms with Gasteiger partial charge in [0.25, 0.3) is 17.0 Å². The Morgan fingerprint density at radius 3 is 2.36 bits per heavy atom. The van der Waals surface area contributed by atoms with Gasteiger partial charge >= 0.3 is 0 Å². The second-order valence-corrected chi connectivity index (χ2v) is 13.0. The van der Waals surface area contributed by atoms with Crippen LogP contribution in [0.15, 0.2) is 63.2 Å². The molecule has 2 atom stereocenters. The predicted molar refractivity (Wildman–Crippen MR) is 173 cm³/mol. The first-order valence-electron chi connectivity index (χ1n) is 14.0. The molecule has 0 saturated carbocycles. The number of fused-ring (bicyclic) bond motifs is 1. The van der Waals surface area contributed by atoms with E-state index in [1.807, 2.05) is 49.4 Å². The number of nitrogens with zero attached hydrogens (tertiary/aromatic N) is 6. The number of carbonyl (C=O) groups excluding carboxylic acids is 1. The van der Waals surface area contributed by atoms with Crippen molar-refractivity contribution in [2.45, 2.75) is 34.1 Å². The number of thioether (sulfide) groups is 1. The molecule has 0 spiro atoms. The number of aromatic nitrogens is 4. The third-order valence-electron chi connectivity index (χ3n) is 8.05. The molecule has 42 heavy (non-hydrogen) atoms. The van der Waals surface area contributed by atoms with Gasteiger partial charge in [0.2, 0.25) is 0 Å². The second-order valence-electron chi connectivity index (χ2n) is 11.3. The zero-order chi connectivity index (χ0) is 29.9. The van der Waals surface area contributed by atoms with Crippen LogP contribution in [0.3, 0.4) is 0 Å². The number of carbonyl (C=O) groups is 1. The SMILES string of the molecule is Cc1cccn2c(=O)c(/C=C3/SC(=S)N(c4c(C)n(C)n(-c5ccccc5)c4=O)C3=O)c(N3CC(C)CC(C)C3)nc12. The molecule has 9 nitrogen and oxygen atoms in total. The summed E-state index contributed by atoms with van der Waals surface area (Å²) < 4.78 is 5.01. The van der Waals surface area contributed by atoms with Crippen LogP contribution in [0.2, 0.25) is 0 Å². The average molecular weight is 601 g/mol. The maximum absolute atomic E-state index is 14.0. The third-order valence-corrected chi connectivity index (χ3v) is 9.35. The number of benzene rings is 1. The molecule has 2 aliphatic rings. The summed E-state index contributed by atoms with van der Waals surface area (Å²) in [4.78, 5) is 50.4. The minimum atomic E-state index is -0.434. The monoisotopic (exact) mass is 600 g/mol. The van der Waals surface area contributed by atoms with Crippen molar-refractivity contribution in [2.24, 2.45) is 18.9 Å². The highest BCUT2D eigenvalue weighted by Crippen LogP contribution is 2.37. The molecule has 2 saturated heterocycles. The average Bonchev–Trinajstić information content (AvgIpc) is 3.34. The Balaban J connectivity index is 1.48. The van der Waals surface area contributed by atoms with Gasteiger partial charge in [0, 0.05) is 26.3 Å². The summed E-state index contributed by atoms with van der Waals surface area (Å²) in [5.74, 6) is 1.01. The Morgan fingerprint density at radius 1 is 0.976 bits per heavy atom. The van der Waals surface area contributed by atoms with E-state index in [4.69, 9.17) is 17.2 Å². The lowest BCUT2D eigenvalue weighted by Crippen LogP contribution is -2.40. The van der Waals surface area contributed by atoms with Crippen molar-refractivity contribution < 1.29 is 4.79 Å². The van der Waals surface area contributed by atoms with Crippen LogP contribution in [0.25, 0.3) is 17.4 Å². The van der Waals surface area contributed by atoms with Gasteiger partial charge < -0.3 is 4.90 Å². The van der Waals surface area contributed by atoms with Crippen molar-refractivity contribution in [3.8, 4) is 5.69 Å². The quantitative estimate of drug-likeness (QED) is 0.248. The van der Waals surface area contributed by atoms with Crippen LogP contribution in [-0.2, 0) is 11.8 Å². The van der Waals surface area contributed by atoms with Gasteiger partial charge in [0.1, 0.15) is 17.2 Å². The summed E-state index contributed by atoms with van der Waals surface area (Å²) in [7, 11) is 1.78. The topological polar surface area (TPSA) is 84.8 Å². The fourth-order valence-electron chi connectivity index (χ4n) is 6.11. The Morgan fingerprint density at radius 2 is 1.67 bits per heavy atom. The van der Waals surface area contributed by atoms with Gasteiger partial charge in [-0.3, -0.25) is 28.4 Å². The van der Waals surface area contributed by atoms with Crippen molar-refractivity contribution in [3.05, 3.63) is 91.1 Å². The lowest BCUT2D eigenvalue weighted by molar-refractivity contribution is -0.113. The number of rotatable bonds is 4. The smallest absolute Gasteiger partial charge is 0.296 e. The maximum Gasteiger partial charge on any atom is 0.296 e. The molecule has 0 bridgehead atoms. The fourth-order valence-corrected chi connectivity index (χ4v) is 7.36. The van der Waals surface area contributed by atoms with Crippen LogP contribution < -0.4 is 20.9 Å². The zero-order valence-electron chi connectivity index (χ0n) is 24.2. The van der Waals surface area contributed by atoms with Gasteiger partial charge in [-0.05, 0) is 61.9 Å². The van der Waals surface area contributed by atoms with Crippen molar-refractivity contribution in [1.82, 2.24) is 18.7 Å². The van der Waals surface area contributed by atoms with Crippen LogP contribution in [0, 0.1) is 25.7 Å². The van der Waals surface area contributed by atoms with Crippen LogP contribution >= 0.6 is 24.0 Å². The molecule has 2 fully saturated rings. The Hall–Kier alpha value is -3.96. The van der Waals surface area contributed by atoms with E-state index >= 15 is 0 Å². The van der Waals surface area contributed by atoms with E-state index in [-0.39, 0.29) is 26.0 Å². The number of hydrogen-bond acceptors (Lipinski definition) is 7. The van der Waals surface area contributed by atoms with Crippen molar-refractivity contribution in [3.63, 3.8) is 0 Å². The molecule has 216 valence electrons. The highest BCUT2D eigenvalue weighted by Gasteiger charge is 2.38. The molecule has 1 aromatic carbocycles. The lowest BCUT2D eigenvalue weighted by atomic mass is 9.91. The minimum absolute atomic E-state index is 0.204. The van der Waals surface area contributed by atoms with Crippen LogP contribution in [-0.4, -0.2) is 42.1 Å².